The highest BCUT2D eigenvalue weighted by molar-refractivity contribution is 5.96. The highest BCUT2D eigenvalue weighted by Gasteiger charge is 2.29. The van der Waals surface area contributed by atoms with Crippen LogP contribution >= 0.6 is 0 Å². The topological polar surface area (TPSA) is 71.8 Å². The quantitative estimate of drug-likeness (QED) is 0.225. The van der Waals surface area contributed by atoms with E-state index in [1.165, 1.54) is 0 Å². The van der Waals surface area contributed by atoms with Gasteiger partial charge in [0, 0.05) is 24.3 Å². The van der Waals surface area contributed by atoms with Gasteiger partial charge >= 0.3 is 5.97 Å². The van der Waals surface area contributed by atoms with Crippen molar-refractivity contribution in [3.8, 4) is 0 Å². The first kappa shape index (κ1) is 28.2. The van der Waals surface area contributed by atoms with Gasteiger partial charge in [-0.3, -0.25) is 4.79 Å². The minimum Gasteiger partial charge on any atom is -0.457 e. The number of hydrogen-bond acceptors (Lipinski definition) is 6. The zero-order valence-corrected chi connectivity index (χ0v) is 24.3. The van der Waals surface area contributed by atoms with Crippen molar-refractivity contribution in [2.75, 3.05) is 23.3 Å². The molecule has 1 fully saturated rings. The molecule has 1 saturated heterocycles. The fourth-order valence-corrected chi connectivity index (χ4v) is 5.43. The lowest BCUT2D eigenvalue weighted by molar-refractivity contribution is 0.0474. The zero-order chi connectivity index (χ0) is 29.1. The Balaban J connectivity index is 1.48. The molecule has 0 radical (unpaired) electrons. The highest BCUT2D eigenvalue weighted by Crippen LogP contribution is 2.36. The number of nitrogens with one attached hydrogen (secondary N) is 1. The smallest absolute Gasteiger partial charge is 0.340 e. The maximum Gasteiger partial charge on any atom is 0.340 e. The van der Waals surface area contributed by atoms with E-state index >= 15 is 0 Å². The van der Waals surface area contributed by atoms with Crippen molar-refractivity contribution in [3.63, 3.8) is 0 Å². The van der Waals surface area contributed by atoms with Crippen LogP contribution in [0.5, 0.6) is 0 Å². The molecule has 0 aliphatic carbocycles. The Labute approximate surface area is 241 Å². The van der Waals surface area contributed by atoms with Gasteiger partial charge in [0.25, 0.3) is 0 Å². The molecule has 212 valence electrons. The standard InChI is InChI=1S/C35H38N2O4/c1-6-26-31(38)29-21-23(2)20-28(32(29)41-33(26)37-18-16-35(4,5)17-19-37)24(3)36-30-15-11-10-14-27(30)34(39)40-22-25-12-8-7-9-13-25/h6-15,20-21,24,36H,1,16-19,22H2,2-5H3/t24-/m1/s1. The molecule has 1 N–H and O–H groups in total. The Hall–Kier alpha value is -4.32. The second-order valence-corrected chi connectivity index (χ2v) is 11.7. The molecule has 1 aliphatic heterocycles. The van der Waals surface area contributed by atoms with Crippen LogP contribution in [0.4, 0.5) is 11.6 Å². The average molecular weight is 551 g/mol. The number of anilines is 2. The minimum atomic E-state index is -0.407. The third-order valence-electron chi connectivity index (χ3n) is 7.99. The summed E-state index contributed by atoms with van der Waals surface area (Å²) in [6, 6.07) is 20.6. The molecule has 0 amide bonds. The van der Waals surface area contributed by atoms with E-state index in [2.05, 4.69) is 30.6 Å². The molecule has 4 aromatic rings. The second kappa shape index (κ2) is 11.7. The summed E-state index contributed by atoms with van der Waals surface area (Å²) in [5.41, 5.74) is 5.05. The molecule has 1 aromatic heterocycles. The number of carbonyl (C=O) groups is 1. The maximum atomic E-state index is 13.7. The predicted octanol–water partition coefficient (Wildman–Crippen LogP) is 7.90. The Kier molecular flexibility index (Phi) is 8.02. The van der Waals surface area contributed by atoms with Crippen LogP contribution in [0, 0.1) is 12.3 Å². The Morgan fingerprint density at radius 3 is 2.49 bits per heavy atom. The lowest BCUT2D eigenvalue weighted by Crippen LogP contribution is -2.38. The van der Waals surface area contributed by atoms with Crippen LogP contribution in [0.3, 0.4) is 0 Å². The number of nitrogens with zero attached hydrogens (tertiary/aromatic N) is 1. The number of benzene rings is 3. The zero-order valence-electron chi connectivity index (χ0n) is 24.3. The van der Waals surface area contributed by atoms with Crippen molar-refractivity contribution in [1.82, 2.24) is 0 Å². The van der Waals surface area contributed by atoms with E-state index in [0.29, 0.717) is 33.7 Å². The molecule has 6 nitrogen and oxygen atoms in total. The summed E-state index contributed by atoms with van der Waals surface area (Å²) in [4.78, 5) is 29.0. The Bertz CT molecular complexity index is 1630. The van der Waals surface area contributed by atoms with E-state index in [-0.39, 0.29) is 23.5 Å². The van der Waals surface area contributed by atoms with E-state index in [9.17, 15) is 9.59 Å². The molecular weight excluding hydrogens is 512 g/mol. The molecule has 41 heavy (non-hydrogen) atoms. The van der Waals surface area contributed by atoms with Crippen molar-refractivity contribution < 1.29 is 13.9 Å². The van der Waals surface area contributed by atoms with Gasteiger partial charge in [-0.2, -0.15) is 0 Å². The summed E-state index contributed by atoms with van der Waals surface area (Å²) < 4.78 is 12.2. The lowest BCUT2D eigenvalue weighted by Gasteiger charge is -2.37. The molecule has 0 saturated carbocycles. The molecule has 0 spiro atoms. The van der Waals surface area contributed by atoms with E-state index in [0.717, 1.165) is 42.6 Å². The number of para-hydroxylation sites is 1. The Morgan fingerprint density at radius 2 is 1.78 bits per heavy atom. The molecule has 6 heteroatoms. The first-order valence-corrected chi connectivity index (χ1v) is 14.2. The Morgan fingerprint density at radius 1 is 1.10 bits per heavy atom. The van der Waals surface area contributed by atoms with Crippen LogP contribution in [-0.2, 0) is 11.3 Å². The number of fused-ring (bicyclic) bond motifs is 1. The summed E-state index contributed by atoms with van der Waals surface area (Å²) >= 11 is 0. The van der Waals surface area contributed by atoms with Gasteiger partial charge < -0.3 is 19.4 Å². The van der Waals surface area contributed by atoms with Crippen molar-refractivity contribution in [2.24, 2.45) is 5.41 Å². The van der Waals surface area contributed by atoms with Crippen LogP contribution in [0.2, 0.25) is 0 Å². The van der Waals surface area contributed by atoms with Crippen molar-refractivity contribution in [1.29, 1.82) is 0 Å². The fraction of sp³-hybridized carbons (Fsp3) is 0.314. The van der Waals surface area contributed by atoms with Crippen LogP contribution in [-0.4, -0.2) is 19.1 Å². The number of carbonyl (C=O) groups excluding carboxylic acids is 1. The molecule has 2 heterocycles. The van der Waals surface area contributed by atoms with Gasteiger partial charge in [0.2, 0.25) is 11.3 Å². The highest BCUT2D eigenvalue weighted by atomic mass is 16.5. The fourth-order valence-electron chi connectivity index (χ4n) is 5.43. The third kappa shape index (κ3) is 6.07. The summed E-state index contributed by atoms with van der Waals surface area (Å²) in [7, 11) is 0. The molecule has 0 unspecified atom stereocenters. The first-order chi connectivity index (χ1) is 19.7. The van der Waals surface area contributed by atoms with Gasteiger partial charge in [0.15, 0.2) is 0 Å². The number of piperidine rings is 1. The van der Waals surface area contributed by atoms with E-state index in [4.69, 9.17) is 9.15 Å². The molecule has 1 atom stereocenters. The SMILES string of the molecule is C=Cc1c(N2CCC(C)(C)CC2)oc2c([C@@H](C)Nc3ccccc3C(=O)OCc3ccccc3)cc(C)cc2c1=O. The normalized spacial score (nSPS) is 15.4. The number of esters is 1. The monoisotopic (exact) mass is 550 g/mol. The predicted molar refractivity (Wildman–Crippen MR) is 167 cm³/mol. The summed E-state index contributed by atoms with van der Waals surface area (Å²) in [5, 5.41) is 4.01. The van der Waals surface area contributed by atoms with Gasteiger partial charge in [0.05, 0.1) is 22.6 Å². The van der Waals surface area contributed by atoms with Gasteiger partial charge in [-0.15, -0.1) is 0 Å². The van der Waals surface area contributed by atoms with Gasteiger partial charge in [-0.25, -0.2) is 4.79 Å². The molecular formula is C35H38N2O4. The summed E-state index contributed by atoms with van der Waals surface area (Å²) in [6.07, 6.45) is 3.64. The van der Waals surface area contributed by atoms with E-state index < -0.39 is 5.97 Å². The van der Waals surface area contributed by atoms with Crippen molar-refractivity contribution in [2.45, 2.75) is 53.2 Å². The number of ether oxygens (including phenoxy) is 1. The first-order valence-electron chi connectivity index (χ1n) is 14.2. The molecule has 3 aromatic carbocycles. The minimum absolute atomic E-state index is 0.0804. The third-order valence-corrected chi connectivity index (χ3v) is 7.99. The molecule has 0 bridgehead atoms. The largest absolute Gasteiger partial charge is 0.457 e. The maximum absolute atomic E-state index is 13.7. The summed E-state index contributed by atoms with van der Waals surface area (Å²) in [5.74, 6) is 0.172. The van der Waals surface area contributed by atoms with Crippen LogP contribution < -0.4 is 15.6 Å². The molecule has 5 rings (SSSR count). The van der Waals surface area contributed by atoms with Gasteiger partial charge in [-0.1, -0.05) is 75.0 Å². The number of aryl methyl sites for hydroxylation is 1. The van der Waals surface area contributed by atoms with Crippen molar-refractivity contribution in [3.05, 3.63) is 111 Å². The second-order valence-electron chi connectivity index (χ2n) is 11.7. The van der Waals surface area contributed by atoms with Crippen molar-refractivity contribution >= 4 is 34.6 Å². The van der Waals surface area contributed by atoms with E-state index in [1.807, 2.05) is 74.5 Å². The number of hydrogen-bond donors (Lipinski definition) is 1. The average Bonchev–Trinajstić information content (AvgIpc) is 2.96. The lowest BCUT2D eigenvalue weighted by atomic mass is 9.82. The van der Waals surface area contributed by atoms with Gasteiger partial charge in [0.1, 0.15) is 12.2 Å². The van der Waals surface area contributed by atoms with Gasteiger partial charge in [-0.05, 0) is 61.4 Å². The molecule has 1 aliphatic rings. The number of rotatable bonds is 8. The van der Waals surface area contributed by atoms with Crippen LogP contribution in [0.1, 0.15) is 72.3 Å². The van der Waals surface area contributed by atoms with Crippen LogP contribution in [0.25, 0.3) is 17.0 Å². The van der Waals surface area contributed by atoms with Crippen LogP contribution in [0.15, 0.2) is 82.5 Å². The summed E-state index contributed by atoms with van der Waals surface area (Å²) in [6.45, 7) is 14.3. The van der Waals surface area contributed by atoms with E-state index in [1.54, 1.807) is 12.1 Å².